The Morgan fingerprint density at radius 1 is 1.38 bits per heavy atom. The molecule has 112 valence electrons. The number of hydrogen-bond acceptors (Lipinski definition) is 5. The lowest BCUT2D eigenvalue weighted by atomic mass is 10.3. The van der Waals surface area contributed by atoms with E-state index < -0.39 is 4.92 Å². The van der Waals surface area contributed by atoms with E-state index in [0.29, 0.717) is 18.1 Å². The van der Waals surface area contributed by atoms with Gasteiger partial charge in [0.2, 0.25) is 5.82 Å². The summed E-state index contributed by atoms with van der Waals surface area (Å²) >= 11 is 0. The molecule has 1 N–H and O–H groups in total. The number of nitrogens with one attached hydrogen (secondary N) is 1. The molecule has 0 aliphatic heterocycles. The Hall–Kier alpha value is -2.44. The number of nitro groups is 1. The molecule has 0 saturated carbocycles. The van der Waals surface area contributed by atoms with E-state index in [4.69, 9.17) is 0 Å². The van der Waals surface area contributed by atoms with Crippen molar-refractivity contribution in [2.45, 2.75) is 40.3 Å². The fourth-order valence-electron chi connectivity index (χ4n) is 2.17. The summed E-state index contributed by atoms with van der Waals surface area (Å²) in [6.07, 6.45) is 0. The SMILES string of the molecule is Cc1cccc(CNc2c([N+](=O)[O-])c(C)nn2C(C)C)n1. The fraction of sp³-hybridized carbons (Fsp3) is 0.429. The van der Waals surface area contributed by atoms with Gasteiger partial charge in [0.1, 0.15) is 5.69 Å². The quantitative estimate of drug-likeness (QED) is 0.675. The van der Waals surface area contributed by atoms with Crippen molar-refractivity contribution in [3.8, 4) is 0 Å². The van der Waals surface area contributed by atoms with E-state index in [-0.39, 0.29) is 11.7 Å². The normalized spacial score (nSPS) is 10.9. The molecule has 0 atom stereocenters. The van der Waals surface area contributed by atoms with Crippen molar-refractivity contribution in [2.24, 2.45) is 0 Å². The monoisotopic (exact) mass is 289 g/mol. The molecule has 0 saturated heterocycles. The minimum absolute atomic E-state index is 0.0244. The van der Waals surface area contributed by atoms with Gasteiger partial charge in [-0.15, -0.1) is 0 Å². The molecule has 2 aromatic heterocycles. The lowest BCUT2D eigenvalue weighted by Crippen LogP contribution is -2.11. The van der Waals surface area contributed by atoms with Crippen LogP contribution in [0.4, 0.5) is 11.5 Å². The molecule has 2 aromatic rings. The summed E-state index contributed by atoms with van der Waals surface area (Å²) in [4.78, 5) is 15.2. The highest BCUT2D eigenvalue weighted by atomic mass is 16.6. The maximum atomic E-state index is 11.2. The van der Waals surface area contributed by atoms with Crippen molar-refractivity contribution in [3.63, 3.8) is 0 Å². The van der Waals surface area contributed by atoms with Gasteiger partial charge in [-0.3, -0.25) is 15.1 Å². The number of aromatic nitrogens is 3. The van der Waals surface area contributed by atoms with E-state index in [1.165, 1.54) is 0 Å². The average molecular weight is 289 g/mol. The molecule has 21 heavy (non-hydrogen) atoms. The Labute approximate surface area is 123 Å². The van der Waals surface area contributed by atoms with Crippen LogP contribution in [0.25, 0.3) is 0 Å². The largest absolute Gasteiger partial charge is 0.359 e. The predicted molar refractivity (Wildman–Crippen MR) is 80.3 cm³/mol. The molecule has 7 heteroatoms. The molecular weight excluding hydrogens is 270 g/mol. The third kappa shape index (κ3) is 3.18. The highest BCUT2D eigenvalue weighted by Crippen LogP contribution is 2.30. The summed E-state index contributed by atoms with van der Waals surface area (Å²) in [5.74, 6) is 0.427. The summed E-state index contributed by atoms with van der Waals surface area (Å²) in [7, 11) is 0. The number of hydrogen-bond donors (Lipinski definition) is 1. The molecule has 0 aromatic carbocycles. The van der Waals surface area contributed by atoms with Crippen molar-refractivity contribution in [2.75, 3.05) is 5.32 Å². The Bertz CT molecular complexity index is 663. The van der Waals surface area contributed by atoms with E-state index >= 15 is 0 Å². The first-order valence-electron chi connectivity index (χ1n) is 6.80. The maximum absolute atomic E-state index is 11.2. The summed E-state index contributed by atoms with van der Waals surface area (Å²) < 4.78 is 1.64. The van der Waals surface area contributed by atoms with Crippen LogP contribution in [-0.2, 0) is 6.54 Å². The lowest BCUT2D eigenvalue weighted by molar-refractivity contribution is -0.384. The molecule has 0 amide bonds. The van der Waals surface area contributed by atoms with Crippen LogP contribution in [0.5, 0.6) is 0 Å². The summed E-state index contributed by atoms with van der Waals surface area (Å²) in [5.41, 5.74) is 2.18. The van der Waals surface area contributed by atoms with Gasteiger partial charge in [-0.2, -0.15) is 5.10 Å². The van der Waals surface area contributed by atoms with Crippen LogP contribution < -0.4 is 5.32 Å². The summed E-state index contributed by atoms with van der Waals surface area (Å²) in [5, 5.41) is 18.6. The van der Waals surface area contributed by atoms with E-state index in [1.807, 2.05) is 39.0 Å². The van der Waals surface area contributed by atoms with Gasteiger partial charge in [0.25, 0.3) is 0 Å². The van der Waals surface area contributed by atoms with Crippen molar-refractivity contribution in [3.05, 3.63) is 45.4 Å². The van der Waals surface area contributed by atoms with Crippen LogP contribution in [0.15, 0.2) is 18.2 Å². The Balaban J connectivity index is 2.32. The molecule has 0 unspecified atom stereocenters. The van der Waals surface area contributed by atoms with E-state index in [1.54, 1.807) is 11.6 Å². The van der Waals surface area contributed by atoms with E-state index in [2.05, 4.69) is 15.4 Å². The van der Waals surface area contributed by atoms with Crippen molar-refractivity contribution in [1.29, 1.82) is 0 Å². The lowest BCUT2D eigenvalue weighted by Gasteiger charge is -2.11. The average Bonchev–Trinajstić information content (AvgIpc) is 2.73. The highest BCUT2D eigenvalue weighted by molar-refractivity contribution is 5.59. The third-order valence-electron chi connectivity index (χ3n) is 3.11. The number of nitrogens with zero attached hydrogens (tertiary/aromatic N) is 4. The molecule has 0 aliphatic carbocycles. The molecule has 0 spiro atoms. The standard InChI is InChI=1S/C14H19N5O2/c1-9(2)18-14(13(19(20)21)11(4)17-18)15-8-12-7-5-6-10(3)16-12/h5-7,9,15H,8H2,1-4H3. The van der Waals surface area contributed by atoms with Gasteiger partial charge in [0.05, 0.1) is 17.2 Å². The van der Waals surface area contributed by atoms with E-state index in [0.717, 1.165) is 11.4 Å². The summed E-state index contributed by atoms with van der Waals surface area (Å²) in [6.45, 7) is 7.85. The Morgan fingerprint density at radius 3 is 2.67 bits per heavy atom. The third-order valence-corrected chi connectivity index (χ3v) is 3.11. The maximum Gasteiger partial charge on any atom is 0.333 e. The molecule has 7 nitrogen and oxygen atoms in total. The molecule has 2 heterocycles. The fourth-order valence-corrected chi connectivity index (χ4v) is 2.17. The van der Waals surface area contributed by atoms with E-state index in [9.17, 15) is 10.1 Å². The zero-order chi connectivity index (χ0) is 15.6. The van der Waals surface area contributed by atoms with Crippen LogP contribution in [0.3, 0.4) is 0 Å². The van der Waals surface area contributed by atoms with Gasteiger partial charge in [-0.1, -0.05) is 6.07 Å². The molecule has 0 bridgehead atoms. The minimum atomic E-state index is -0.396. The topological polar surface area (TPSA) is 85.9 Å². The van der Waals surface area contributed by atoms with Gasteiger partial charge in [-0.25, -0.2) is 4.68 Å². The van der Waals surface area contributed by atoms with Crippen LogP contribution in [0.2, 0.25) is 0 Å². The zero-order valence-corrected chi connectivity index (χ0v) is 12.6. The molecule has 0 fully saturated rings. The Morgan fingerprint density at radius 2 is 2.10 bits per heavy atom. The van der Waals surface area contributed by atoms with Gasteiger partial charge in [0.15, 0.2) is 0 Å². The molecule has 0 aliphatic rings. The number of rotatable bonds is 5. The zero-order valence-electron chi connectivity index (χ0n) is 12.6. The van der Waals surface area contributed by atoms with Crippen LogP contribution >= 0.6 is 0 Å². The first-order valence-corrected chi connectivity index (χ1v) is 6.80. The van der Waals surface area contributed by atoms with Crippen LogP contribution in [0, 0.1) is 24.0 Å². The second kappa shape index (κ2) is 5.90. The minimum Gasteiger partial charge on any atom is -0.359 e. The second-order valence-electron chi connectivity index (χ2n) is 5.20. The number of aryl methyl sites for hydroxylation is 2. The first-order chi connectivity index (χ1) is 9.90. The Kier molecular flexibility index (Phi) is 4.21. The van der Waals surface area contributed by atoms with Gasteiger partial charge < -0.3 is 5.32 Å². The first kappa shape index (κ1) is 15.0. The second-order valence-corrected chi connectivity index (χ2v) is 5.20. The molecule has 0 radical (unpaired) electrons. The predicted octanol–water partition coefficient (Wildman–Crippen LogP) is 3.00. The van der Waals surface area contributed by atoms with Crippen molar-refractivity contribution >= 4 is 11.5 Å². The van der Waals surface area contributed by atoms with Gasteiger partial charge >= 0.3 is 5.69 Å². The number of anilines is 1. The highest BCUT2D eigenvalue weighted by Gasteiger charge is 2.26. The van der Waals surface area contributed by atoms with Crippen molar-refractivity contribution < 1.29 is 4.92 Å². The number of pyridine rings is 1. The molecular formula is C14H19N5O2. The van der Waals surface area contributed by atoms with Crippen molar-refractivity contribution in [1.82, 2.24) is 14.8 Å². The van der Waals surface area contributed by atoms with Crippen LogP contribution in [0.1, 0.15) is 37.0 Å². The molecule has 2 rings (SSSR count). The van der Waals surface area contributed by atoms with Gasteiger partial charge in [-0.05, 0) is 39.8 Å². The smallest absolute Gasteiger partial charge is 0.333 e. The summed E-state index contributed by atoms with van der Waals surface area (Å²) in [6, 6.07) is 5.74. The van der Waals surface area contributed by atoms with Gasteiger partial charge in [0, 0.05) is 11.7 Å². The van der Waals surface area contributed by atoms with Crippen LogP contribution in [-0.4, -0.2) is 19.7 Å².